The van der Waals surface area contributed by atoms with E-state index >= 15 is 0 Å². The van der Waals surface area contributed by atoms with Crippen LogP contribution in [0.1, 0.15) is 0 Å². The second-order valence-corrected chi connectivity index (χ2v) is 2.02. The predicted molar refractivity (Wildman–Crippen MR) is 27.0 cm³/mol. The van der Waals surface area contributed by atoms with E-state index in [0.717, 1.165) is 0 Å². The summed E-state index contributed by atoms with van der Waals surface area (Å²) in [7, 11) is 6.66. The summed E-state index contributed by atoms with van der Waals surface area (Å²) in [5.41, 5.74) is 4.84. The molecule has 0 saturated carbocycles. The molecule has 0 aromatic heterocycles. The first kappa shape index (κ1) is 6.43. The maximum absolute atomic E-state index is 10.2. The number of carbonyl (C=O) groups is 1. The molecular weight excluding hydrogens is 92.1 g/mol. The SMILES string of the molecule is [CH2][N+](C)(C)C(N)=O. The zero-order valence-electron chi connectivity index (χ0n) is 4.64. The highest BCUT2D eigenvalue weighted by molar-refractivity contribution is 5.63. The second-order valence-electron chi connectivity index (χ2n) is 2.02. The lowest BCUT2D eigenvalue weighted by Gasteiger charge is -2.15. The second kappa shape index (κ2) is 1.50. The molecular formula is C4H10N2O+. The van der Waals surface area contributed by atoms with E-state index in [1.54, 1.807) is 14.1 Å². The van der Waals surface area contributed by atoms with Crippen molar-refractivity contribution in [3.05, 3.63) is 7.05 Å². The van der Waals surface area contributed by atoms with Crippen molar-refractivity contribution in [1.82, 2.24) is 0 Å². The third-order valence-corrected chi connectivity index (χ3v) is 0.597. The van der Waals surface area contributed by atoms with Crippen molar-refractivity contribution in [3.63, 3.8) is 0 Å². The van der Waals surface area contributed by atoms with Crippen molar-refractivity contribution in [2.75, 3.05) is 14.1 Å². The van der Waals surface area contributed by atoms with Gasteiger partial charge < -0.3 is 5.73 Å². The summed E-state index contributed by atoms with van der Waals surface area (Å²) in [6, 6.07) is -0.431. The number of nitrogens with two attached hydrogens (primary N) is 1. The normalized spacial score (nSPS) is 11.3. The molecule has 0 fully saturated rings. The van der Waals surface area contributed by atoms with E-state index in [1.165, 1.54) is 0 Å². The average molecular weight is 102 g/mol. The van der Waals surface area contributed by atoms with Crippen LogP contribution in [0.15, 0.2) is 0 Å². The standard InChI is InChI=1S/C4H10N2O/c1-6(2,3)4(5)7/h1H2,2-3H3,(H2,5,7)/q+1. The largest absolute Gasteiger partial charge is 0.413 e. The molecule has 0 spiro atoms. The molecule has 0 rings (SSSR count). The van der Waals surface area contributed by atoms with Crippen LogP contribution in [0.3, 0.4) is 0 Å². The van der Waals surface area contributed by atoms with Gasteiger partial charge in [0, 0.05) is 0 Å². The molecule has 41 valence electrons. The quantitative estimate of drug-likeness (QED) is 0.427. The van der Waals surface area contributed by atoms with Gasteiger partial charge in [0.15, 0.2) is 0 Å². The predicted octanol–water partition coefficient (Wildman–Crippen LogP) is -0.0669. The Bertz CT molecular complexity index is 82.2. The monoisotopic (exact) mass is 102 g/mol. The van der Waals surface area contributed by atoms with Gasteiger partial charge in [0.25, 0.3) is 0 Å². The van der Waals surface area contributed by atoms with Gasteiger partial charge in [-0.1, -0.05) is 0 Å². The molecule has 3 nitrogen and oxygen atoms in total. The molecule has 0 heterocycles. The van der Waals surface area contributed by atoms with E-state index in [1.807, 2.05) is 0 Å². The number of primary amides is 1. The first-order valence-electron chi connectivity index (χ1n) is 1.93. The lowest BCUT2D eigenvalue weighted by Crippen LogP contribution is -2.43. The topological polar surface area (TPSA) is 43.1 Å². The molecule has 0 bridgehead atoms. The van der Waals surface area contributed by atoms with Crippen LogP contribution in [0.25, 0.3) is 0 Å². The van der Waals surface area contributed by atoms with Crippen LogP contribution in [0.5, 0.6) is 0 Å². The van der Waals surface area contributed by atoms with E-state index in [0.29, 0.717) is 0 Å². The van der Waals surface area contributed by atoms with E-state index < -0.39 is 6.03 Å². The summed E-state index contributed by atoms with van der Waals surface area (Å²) in [6.45, 7) is 0. The number of hydrogen-bond acceptors (Lipinski definition) is 1. The van der Waals surface area contributed by atoms with Crippen molar-refractivity contribution in [2.45, 2.75) is 0 Å². The van der Waals surface area contributed by atoms with Gasteiger partial charge in [-0.3, -0.25) is 0 Å². The van der Waals surface area contributed by atoms with Gasteiger partial charge in [-0.05, 0) is 0 Å². The highest BCUT2D eigenvalue weighted by Crippen LogP contribution is 1.88. The number of urea groups is 1. The van der Waals surface area contributed by atoms with Gasteiger partial charge in [-0.15, -0.1) is 0 Å². The lowest BCUT2D eigenvalue weighted by molar-refractivity contribution is -0.758. The minimum atomic E-state index is -0.431. The van der Waals surface area contributed by atoms with Crippen LogP contribution >= 0.6 is 0 Å². The van der Waals surface area contributed by atoms with Crippen LogP contribution in [0.4, 0.5) is 4.79 Å². The van der Waals surface area contributed by atoms with Crippen LogP contribution < -0.4 is 5.73 Å². The zero-order chi connectivity index (χ0) is 6.08. The summed E-state index contributed by atoms with van der Waals surface area (Å²) >= 11 is 0. The Morgan fingerprint density at radius 1 is 1.71 bits per heavy atom. The third kappa shape index (κ3) is 2.17. The minimum absolute atomic E-state index is 0.0556. The van der Waals surface area contributed by atoms with E-state index in [9.17, 15) is 4.79 Å². The number of amides is 2. The number of rotatable bonds is 0. The van der Waals surface area contributed by atoms with Gasteiger partial charge in [-0.25, -0.2) is 9.28 Å². The molecule has 1 radical (unpaired) electrons. The van der Waals surface area contributed by atoms with Gasteiger partial charge >= 0.3 is 6.03 Å². The Hall–Kier alpha value is -0.570. The van der Waals surface area contributed by atoms with Gasteiger partial charge in [-0.2, -0.15) is 0 Å². The van der Waals surface area contributed by atoms with Crippen molar-refractivity contribution >= 4 is 6.03 Å². The Labute approximate surface area is 43.3 Å². The average Bonchev–Trinajstić information content (AvgIpc) is 1.31. The van der Waals surface area contributed by atoms with E-state index in [-0.39, 0.29) is 4.48 Å². The van der Waals surface area contributed by atoms with E-state index in [2.05, 4.69) is 7.05 Å². The highest BCUT2D eigenvalue weighted by Gasteiger charge is 2.14. The van der Waals surface area contributed by atoms with Crippen LogP contribution in [-0.2, 0) is 0 Å². The molecule has 0 saturated heterocycles. The Balaban J connectivity index is 3.79. The van der Waals surface area contributed by atoms with Gasteiger partial charge in [0.1, 0.15) is 7.05 Å². The molecule has 2 amide bonds. The molecule has 0 aliphatic heterocycles. The summed E-state index contributed by atoms with van der Waals surface area (Å²) in [6.07, 6.45) is 0. The fourth-order valence-electron chi connectivity index (χ4n) is 0. The summed E-state index contributed by atoms with van der Waals surface area (Å²) in [5.74, 6) is 0. The van der Waals surface area contributed by atoms with Gasteiger partial charge in [0.05, 0.1) is 14.1 Å². The van der Waals surface area contributed by atoms with Crippen molar-refractivity contribution in [2.24, 2.45) is 5.73 Å². The molecule has 3 heteroatoms. The number of carbonyl (C=O) groups excluding carboxylic acids is 1. The first-order chi connectivity index (χ1) is 2.94. The maximum Gasteiger partial charge on any atom is 0.413 e. The maximum atomic E-state index is 10.2. The summed E-state index contributed by atoms with van der Waals surface area (Å²) < 4.78 is -0.0556. The number of nitrogens with zero attached hydrogens (tertiary/aromatic N) is 1. The third-order valence-electron chi connectivity index (χ3n) is 0.597. The molecule has 2 N–H and O–H groups in total. The van der Waals surface area contributed by atoms with Crippen LogP contribution in [0, 0.1) is 7.05 Å². The van der Waals surface area contributed by atoms with Crippen LogP contribution in [-0.4, -0.2) is 24.6 Å². The first-order valence-corrected chi connectivity index (χ1v) is 1.93. The number of hydrogen-bond donors (Lipinski definition) is 1. The molecule has 0 aromatic carbocycles. The van der Waals surface area contributed by atoms with Crippen molar-refractivity contribution in [3.8, 4) is 0 Å². The van der Waals surface area contributed by atoms with Crippen molar-refractivity contribution in [1.29, 1.82) is 0 Å². The molecule has 0 aromatic rings. The Morgan fingerprint density at radius 3 is 1.86 bits per heavy atom. The van der Waals surface area contributed by atoms with Gasteiger partial charge in [0.2, 0.25) is 0 Å². The molecule has 0 aliphatic rings. The van der Waals surface area contributed by atoms with E-state index in [4.69, 9.17) is 5.73 Å². The molecule has 7 heavy (non-hydrogen) atoms. The minimum Gasteiger partial charge on any atom is -0.319 e. The lowest BCUT2D eigenvalue weighted by atomic mass is 10.7. The highest BCUT2D eigenvalue weighted by atomic mass is 16.2. The smallest absolute Gasteiger partial charge is 0.319 e. The fraction of sp³-hybridized carbons (Fsp3) is 0.500. The Kier molecular flexibility index (Phi) is 1.38. The fourth-order valence-corrected chi connectivity index (χ4v) is 0. The van der Waals surface area contributed by atoms with Crippen molar-refractivity contribution < 1.29 is 9.28 Å². The zero-order valence-corrected chi connectivity index (χ0v) is 4.64. The van der Waals surface area contributed by atoms with Crippen LogP contribution in [0.2, 0.25) is 0 Å². The molecule has 0 aliphatic carbocycles. The summed E-state index contributed by atoms with van der Waals surface area (Å²) in [4.78, 5) is 10.2. The summed E-state index contributed by atoms with van der Waals surface area (Å²) in [5, 5.41) is 0. The Morgan fingerprint density at radius 2 is 1.86 bits per heavy atom. The molecule has 0 atom stereocenters. The number of quaternary nitrogens is 1. The molecule has 0 unspecified atom stereocenters.